The Morgan fingerprint density at radius 2 is 1.83 bits per heavy atom. The third-order valence-corrected chi connectivity index (χ3v) is 5.47. The summed E-state index contributed by atoms with van der Waals surface area (Å²) in [5.74, 6) is -0.314. The molecule has 2 aliphatic heterocycles. The molecule has 2 fully saturated rings. The molecule has 150 valence electrons. The summed E-state index contributed by atoms with van der Waals surface area (Å²) in [5, 5.41) is 8.47. The van der Waals surface area contributed by atoms with E-state index in [1.165, 1.54) is 0 Å². The van der Waals surface area contributed by atoms with Crippen molar-refractivity contribution in [1.29, 1.82) is 0 Å². The van der Waals surface area contributed by atoms with Crippen molar-refractivity contribution in [3.63, 3.8) is 0 Å². The number of anilines is 1. The predicted molar refractivity (Wildman–Crippen MR) is 109 cm³/mol. The molecule has 0 radical (unpaired) electrons. The highest BCUT2D eigenvalue weighted by atomic mass is 16.2. The highest BCUT2D eigenvalue weighted by Crippen LogP contribution is 2.24. The van der Waals surface area contributed by atoms with Gasteiger partial charge < -0.3 is 20.9 Å². The lowest BCUT2D eigenvalue weighted by atomic mass is 9.99. The van der Waals surface area contributed by atoms with Crippen molar-refractivity contribution < 1.29 is 14.4 Å². The lowest BCUT2D eigenvalue weighted by Crippen LogP contribution is -2.65. The summed E-state index contributed by atoms with van der Waals surface area (Å²) in [6.07, 6.45) is 1.00. The van der Waals surface area contributed by atoms with Gasteiger partial charge in [-0.25, -0.2) is 4.79 Å². The number of nitrogens with zero attached hydrogens (tertiary/aromatic N) is 1. The molecule has 3 N–H and O–H groups in total. The number of hydrogen-bond donors (Lipinski definition) is 3. The summed E-state index contributed by atoms with van der Waals surface area (Å²) in [4.78, 5) is 39.6. The number of carbonyl (C=O) groups excluding carboxylic acids is 3. The van der Waals surface area contributed by atoms with Gasteiger partial charge in [-0.05, 0) is 31.0 Å². The second-order valence-corrected chi connectivity index (χ2v) is 7.59. The zero-order chi connectivity index (χ0) is 20.4. The van der Waals surface area contributed by atoms with Crippen LogP contribution in [0.25, 0.3) is 0 Å². The molecule has 4 amide bonds. The molecule has 2 aromatic rings. The van der Waals surface area contributed by atoms with Gasteiger partial charge in [0.1, 0.15) is 12.1 Å². The second-order valence-electron chi connectivity index (χ2n) is 7.59. The number of nitrogens with one attached hydrogen (secondary N) is 3. The van der Waals surface area contributed by atoms with E-state index in [2.05, 4.69) is 16.0 Å². The van der Waals surface area contributed by atoms with E-state index in [-0.39, 0.29) is 17.8 Å². The molecule has 4 rings (SSSR count). The van der Waals surface area contributed by atoms with E-state index in [1.807, 2.05) is 61.5 Å². The Hall–Kier alpha value is -3.35. The fraction of sp³-hybridized carbons (Fsp3) is 0.318. The van der Waals surface area contributed by atoms with Gasteiger partial charge in [0.25, 0.3) is 0 Å². The first-order chi connectivity index (χ1) is 14.0. The minimum atomic E-state index is -0.668. The van der Waals surface area contributed by atoms with Crippen molar-refractivity contribution in [3.8, 4) is 0 Å². The first-order valence-electron chi connectivity index (χ1n) is 9.80. The molecule has 0 aliphatic carbocycles. The lowest BCUT2D eigenvalue weighted by molar-refractivity contribution is -0.147. The van der Waals surface area contributed by atoms with Gasteiger partial charge in [0.15, 0.2) is 0 Å². The van der Waals surface area contributed by atoms with Crippen LogP contribution in [-0.2, 0) is 16.0 Å². The molecule has 0 aromatic heterocycles. The number of carbonyl (C=O) groups is 3. The van der Waals surface area contributed by atoms with Gasteiger partial charge in [0.2, 0.25) is 11.8 Å². The van der Waals surface area contributed by atoms with E-state index in [1.54, 1.807) is 4.90 Å². The van der Waals surface area contributed by atoms with Crippen molar-refractivity contribution >= 4 is 23.5 Å². The highest BCUT2D eigenvalue weighted by Gasteiger charge is 2.48. The van der Waals surface area contributed by atoms with Crippen molar-refractivity contribution in [2.24, 2.45) is 0 Å². The van der Waals surface area contributed by atoms with E-state index in [9.17, 15) is 14.4 Å². The van der Waals surface area contributed by atoms with Crippen LogP contribution in [0, 0.1) is 6.92 Å². The molecule has 7 nitrogen and oxygen atoms in total. The van der Waals surface area contributed by atoms with Gasteiger partial charge in [-0.3, -0.25) is 9.59 Å². The summed E-state index contributed by atoms with van der Waals surface area (Å²) in [6.45, 7) is 2.43. The normalized spacial score (nSPS) is 23.3. The molecule has 0 unspecified atom stereocenters. The molecule has 0 spiro atoms. The molecule has 7 heteroatoms. The first kappa shape index (κ1) is 19.0. The van der Waals surface area contributed by atoms with Crippen molar-refractivity contribution in [1.82, 2.24) is 15.5 Å². The molecule has 0 bridgehead atoms. The highest BCUT2D eigenvalue weighted by molar-refractivity contribution is 5.99. The third-order valence-electron chi connectivity index (χ3n) is 5.47. The zero-order valence-corrected chi connectivity index (χ0v) is 16.2. The Morgan fingerprint density at radius 3 is 2.55 bits per heavy atom. The van der Waals surface area contributed by atoms with Crippen molar-refractivity contribution in [2.75, 3.05) is 11.9 Å². The average molecular weight is 392 g/mol. The van der Waals surface area contributed by atoms with Gasteiger partial charge in [0.05, 0.1) is 6.04 Å². The minimum absolute atomic E-state index is 0.0957. The predicted octanol–water partition coefficient (Wildman–Crippen LogP) is 1.83. The van der Waals surface area contributed by atoms with Crippen LogP contribution >= 0.6 is 0 Å². The van der Waals surface area contributed by atoms with Gasteiger partial charge in [0, 0.05) is 18.7 Å². The summed E-state index contributed by atoms with van der Waals surface area (Å²) in [6, 6.07) is 15.0. The largest absolute Gasteiger partial charge is 0.342 e. The Balaban J connectivity index is 1.39. The number of aryl methyl sites for hydroxylation is 1. The van der Waals surface area contributed by atoms with Gasteiger partial charge in [-0.2, -0.15) is 0 Å². The fourth-order valence-electron chi connectivity index (χ4n) is 3.99. The maximum atomic E-state index is 12.9. The maximum absolute atomic E-state index is 12.9. The van der Waals surface area contributed by atoms with Gasteiger partial charge >= 0.3 is 6.03 Å². The Morgan fingerprint density at radius 1 is 1.10 bits per heavy atom. The van der Waals surface area contributed by atoms with E-state index < -0.39 is 18.1 Å². The molecule has 0 saturated carbocycles. The number of fused-ring (bicyclic) bond motifs is 1. The standard InChI is InChI=1S/C22H24N4O3/c1-14-7-9-16(10-8-14)23-22(29)25-17-11-12-26-19(17)20(27)24-18(21(26)28)13-15-5-3-2-4-6-15/h2-10,17-19H,11-13H2,1H3,(H,24,27)(H2,23,25,29)/t17-,18-,19+/m1/s1. The minimum Gasteiger partial charge on any atom is -0.342 e. The molecule has 2 aliphatic rings. The molecule has 2 heterocycles. The van der Waals surface area contributed by atoms with Gasteiger partial charge in [-0.15, -0.1) is 0 Å². The SMILES string of the molecule is Cc1ccc(NC(=O)N[C@@H]2CCN3C(=O)[C@@H](Cc4ccccc4)NC(=O)[C@H]23)cc1. The quantitative estimate of drug-likeness (QED) is 0.741. The molecular weight excluding hydrogens is 368 g/mol. The molecule has 2 saturated heterocycles. The Kier molecular flexibility index (Phi) is 5.20. The molecule has 29 heavy (non-hydrogen) atoms. The van der Waals surface area contributed by atoms with E-state index in [4.69, 9.17) is 0 Å². The van der Waals surface area contributed by atoms with Crippen LogP contribution in [-0.4, -0.2) is 47.4 Å². The second kappa shape index (κ2) is 7.95. The summed E-state index contributed by atoms with van der Waals surface area (Å²) < 4.78 is 0. The van der Waals surface area contributed by atoms with Crippen LogP contribution < -0.4 is 16.0 Å². The fourth-order valence-corrected chi connectivity index (χ4v) is 3.99. The smallest absolute Gasteiger partial charge is 0.319 e. The summed E-state index contributed by atoms with van der Waals surface area (Å²) in [5.41, 5.74) is 2.77. The number of piperazine rings is 1. The van der Waals surface area contributed by atoms with Crippen LogP contribution in [0.2, 0.25) is 0 Å². The topological polar surface area (TPSA) is 90.5 Å². The number of amides is 4. The van der Waals surface area contributed by atoms with Crippen molar-refractivity contribution in [2.45, 2.75) is 37.9 Å². The third kappa shape index (κ3) is 4.08. The number of benzene rings is 2. The summed E-state index contributed by atoms with van der Waals surface area (Å²) >= 11 is 0. The first-order valence-corrected chi connectivity index (χ1v) is 9.80. The monoisotopic (exact) mass is 392 g/mol. The Bertz CT molecular complexity index is 913. The zero-order valence-electron chi connectivity index (χ0n) is 16.2. The van der Waals surface area contributed by atoms with E-state index >= 15 is 0 Å². The maximum Gasteiger partial charge on any atom is 0.319 e. The number of hydrogen-bond acceptors (Lipinski definition) is 3. The van der Waals surface area contributed by atoms with Crippen molar-refractivity contribution in [3.05, 3.63) is 65.7 Å². The molecule has 3 atom stereocenters. The van der Waals surface area contributed by atoms with Crippen LogP contribution in [0.4, 0.5) is 10.5 Å². The van der Waals surface area contributed by atoms with Crippen LogP contribution in [0.5, 0.6) is 0 Å². The molecule has 2 aromatic carbocycles. The van der Waals surface area contributed by atoms with Crippen LogP contribution in [0.1, 0.15) is 17.5 Å². The average Bonchev–Trinajstić information content (AvgIpc) is 3.13. The van der Waals surface area contributed by atoms with Crippen LogP contribution in [0.15, 0.2) is 54.6 Å². The van der Waals surface area contributed by atoms with Gasteiger partial charge in [-0.1, -0.05) is 48.0 Å². The summed E-state index contributed by atoms with van der Waals surface area (Å²) in [7, 11) is 0. The molecular formula is C22H24N4O3. The van der Waals surface area contributed by atoms with E-state index in [0.29, 0.717) is 25.1 Å². The van der Waals surface area contributed by atoms with E-state index in [0.717, 1.165) is 11.1 Å². The number of rotatable bonds is 4. The number of urea groups is 1. The Labute approximate surface area is 169 Å². The lowest BCUT2D eigenvalue weighted by Gasteiger charge is -2.36. The van der Waals surface area contributed by atoms with Crippen LogP contribution in [0.3, 0.4) is 0 Å².